The summed E-state index contributed by atoms with van der Waals surface area (Å²) in [4.78, 5) is 0. The highest BCUT2D eigenvalue weighted by molar-refractivity contribution is 6.74. The molecular weight excluding hydrogens is 220 g/mol. The van der Waals surface area contributed by atoms with Crippen LogP contribution in [0.15, 0.2) is 5.16 Å². The maximum Gasteiger partial charge on any atom is 0.192 e. The molecule has 1 aliphatic carbocycles. The van der Waals surface area contributed by atoms with Gasteiger partial charge < -0.3 is 15.4 Å². The lowest BCUT2D eigenvalue weighted by Crippen LogP contribution is -2.49. The van der Waals surface area contributed by atoms with Gasteiger partial charge in [-0.3, -0.25) is 0 Å². The van der Waals surface area contributed by atoms with Crippen LogP contribution >= 0.6 is 0 Å². The van der Waals surface area contributed by atoms with Crippen LogP contribution in [0, 0.1) is 5.92 Å². The molecule has 94 valence electrons. The second kappa shape index (κ2) is 4.37. The van der Waals surface area contributed by atoms with Crippen LogP contribution in [0.1, 0.15) is 33.6 Å². The van der Waals surface area contributed by atoms with Crippen LogP contribution in [0.3, 0.4) is 0 Å². The predicted octanol–water partition coefficient (Wildman–Crippen LogP) is 2.53. The van der Waals surface area contributed by atoms with E-state index in [-0.39, 0.29) is 11.0 Å². The molecule has 5 heteroatoms. The number of oxime groups is 1. The minimum Gasteiger partial charge on any atom is -0.414 e. The number of hydrogen-bond donors (Lipinski definition) is 2. The Kier molecular flexibility index (Phi) is 3.69. The molecule has 1 saturated carbocycles. The van der Waals surface area contributed by atoms with Crippen molar-refractivity contribution in [2.24, 2.45) is 16.8 Å². The molecule has 1 aliphatic rings. The highest BCUT2D eigenvalue weighted by Gasteiger charge is 2.43. The van der Waals surface area contributed by atoms with Gasteiger partial charge in [0.25, 0.3) is 0 Å². The smallest absolute Gasteiger partial charge is 0.192 e. The molecule has 1 fully saturated rings. The van der Waals surface area contributed by atoms with Gasteiger partial charge in [0.05, 0.1) is 0 Å². The molecule has 0 atom stereocenters. The summed E-state index contributed by atoms with van der Waals surface area (Å²) in [6, 6.07) is 0. The maximum atomic E-state index is 8.55. The van der Waals surface area contributed by atoms with Gasteiger partial charge in [0, 0.05) is 12.0 Å². The Bertz CT molecular complexity index is 278. The first-order valence-corrected chi connectivity index (χ1v) is 8.73. The van der Waals surface area contributed by atoms with Crippen molar-refractivity contribution in [1.82, 2.24) is 0 Å². The molecule has 3 N–H and O–H groups in total. The van der Waals surface area contributed by atoms with Gasteiger partial charge in [-0.1, -0.05) is 25.9 Å². The summed E-state index contributed by atoms with van der Waals surface area (Å²) in [5.41, 5.74) is 5.55. The number of nitrogens with two attached hydrogens (primary N) is 1. The quantitative estimate of drug-likeness (QED) is 0.263. The van der Waals surface area contributed by atoms with E-state index in [2.05, 4.69) is 39.0 Å². The van der Waals surface area contributed by atoms with E-state index in [9.17, 15) is 0 Å². The molecule has 1 rings (SSSR count). The predicted molar refractivity (Wildman–Crippen MR) is 68.2 cm³/mol. The SMILES string of the molecule is CC(C)(C)[Si](C)(C)OC1CC(/C(N)=N/O)C1. The topological polar surface area (TPSA) is 67.8 Å². The summed E-state index contributed by atoms with van der Waals surface area (Å²) in [5.74, 6) is 0.551. The van der Waals surface area contributed by atoms with E-state index in [1.807, 2.05) is 0 Å². The van der Waals surface area contributed by atoms with Crippen molar-refractivity contribution in [1.29, 1.82) is 0 Å². The van der Waals surface area contributed by atoms with E-state index in [4.69, 9.17) is 15.4 Å². The summed E-state index contributed by atoms with van der Waals surface area (Å²) >= 11 is 0. The van der Waals surface area contributed by atoms with Crippen molar-refractivity contribution in [3.05, 3.63) is 0 Å². The first-order chi connectivity index (χ1) is 7.17. The van der Waals surface area contributed by atoms with E-state index < -0.39 is 8.32 Å². The Morgan fingerprint density at radius 2 is 1.88 bits per heavy atom. The fourth-order valence-corrected chi connectivity index (χ4v) is 2.96. The van der Waals surface area contributed by atoms with E-state index in [1.165, 1.54) is 0 Å². The molecule has 0 aromatic carbocycles. The fraction of sp³-hybridized carbons (Fsp3) is 0.909. The lowest BCUT2D eigenvalue weighted by atomic mass is 9.82. The van der Waals surface area contributed by atoms with Gasteiger partial charge in [-0.25, -0.2) is 0 Å². The fourth-order valence-electron chi connectivity index (χ4n) is 1.58. The van der Waals surface area contributed by atoms with Gasteiger partial charge in [0.1, 0.15) is 5.84 Å². The van der Waals surface area contributed by atoms with Crippen molar-refractivity contribution in [3.8, 4) is 0 Å². The Balaban J connectivity index is 2.44. The molecule has 0 spiro atoms. The number of nitrogens with zero attached hydrogens (tertiary/aromatic N) is 1. The van der Waals surface area contributed by atoms with E-state index in [1.54, 1.807) is 0 Å². The van der Waals surface area contributed by atoms with Gasteiger partial charge in [-0.15, -0.1) is 0 Å². The third-order valence-electron chi connectivity index (χ3n) is 3.90. The average Bonchev–Trinajstić information content (AvgIpc) is 2.07. The second-order valence-electron chi connectivity index (χ2n) is 6.19. The zero-order valence-electron chi connectivity index (χ0n) is 10.9. The molecule has 0 bridgehead atoms. The molecule has 16 heavy (non-hydrogen) atoms. The van der Waals surface area contributed by atoms with Crippen molar-refractivity contribution in [2.75, 3.05) is 0 Å². The van der Waals surface area contributed by atoms with E-state index >= 15 is 0 Å². The third-order valence-corrected chi connectivity index (χ3v) is 8.43. The van der Waals surface area contributed by atoms with E-state index in [0.29, 0.717) is 11.9 Å². The van der Waals surface area contributed by atoms with E-state index in [0.717, 1.165) is 12.8 Å². The first-order valence-electron chi connectivity index (χ1n) is 5.82. The monoisotopic (exact) mass is 244 g/mol. The van der Waals surface area contributed by atoms with Crippen LogP contribution in [-0.4, -0.2) is 25.5 Å². The zero-order chi connectivity index (χ0) is 12.6. The van der Waals surface area contributed by atoms with Crippen molar-refractivity contribution >= 4 is 14.2 Å². The molecule has 4 nitrogen and oxygen atoms in total. The van der Waals surface area contributed by atoms with Gasteiger partial charge >= 0.3 is 0 Å². The Morgan fingerprint density at radius 3 is 2.25 bits per heavy atom. The summed E-state index contributed by atoms with van der Waals surface area (Å²) in [7, 11) is -1.66. The van der Waals surface area contributed by atoms with Crippen molar-refractivity contribution in [3.63, 3.8) is 0 Å². The normalized spacial score (nSPS) is 27.7. The molecule has 0 aromatic heterocycles. The molecule has 0 unspecified atom stereocenters. The van der Waals surface area contributed by atoms with Crippen LogP contribution in [0.4, 0.5) is 0 Å². The van der Waals surface area contributed by atoms with Gasteiger partial charge in [0.15, 0.2) is 8.32 Å². The lowest BCUT2D eigenvalue weighted by Gasteiger charge is -2.44. The summed E-state index contributed by atoms with van der Waals surface area (Å²) in [5, 5.41) is 11.8. The highest BCUT2D eigenvalue weighted by Crippen LogP contribution is 2.41. The zero-order valence-corrected chi connectivity index (χ0v) is 11.9. The largest absolute Gasteiger partial charge is 0.414 e. The molecule has 0 aromatic rings. The van der Waals surface area contributed by atoms with Gasteiger partial charge in [0.2, 0.25) is 0 Å². The maximum absolute atomic E-state index is 8.55. The van der Waals surface area contributed by atoms with Crippen LogP contribution < -0.4 is 5.73 Å². The molecule has 0 radical (unpaired) electrons. The Hall–Kier alpha value is -0.553. The molecule has 0 heterocycles. The molecule has 0 amide bonds. The highest BCUT2D eigenvalue weighted by atomic mass is 28.4. The van der Waals surface area contributed by atoms with Crippen LogP contribution in [0.2, 0.25) is 18.1 Å². The Labute approximate surface area is 99.0 Å². The standard InChI is InChI=1S/C11H24N2O2Si/c1-11(2,3)16(4,5)15-9-6-8(7-9)10(12)13-14/h8-9,14H,6-7H2,1-5H3,(H2,12,13). The van der Waals surface area contributed by atoms with Gasteiger partial charge in [-0.05, 0) is 31.0 Å². The number of amidine groups is 1. The lowest BCUT2D eigenvalue weighted by molar-refractivity contribution is 0.0779. The molecule has 0 saturated heterocycles. The average molecular weight is 244 g/mol. The summed E-state index contributed by atoms with van der Waals surface area (Å²) in [6.45, 7) is 11.2. The van der Waals surface area contributed by atoms with Crippen LogP contribution in [0.25, 0.3) is 0 Å². The summed E-state index contributed by atoms with van der Waals surface area (Å²) < 4.78 is 6.21. The Morgan fingerprint density at radius 1 is 1.38 bits per heavy atom. The minimum absolute atomic E-state index is 0.208. The van der Waals surface area contributed by atoms with Crippen molar-refractivity contribution < 1.29 is 9.63 Å². The molecular formula is C11H24N2O2Si. The number of hydrogen-bond acceptors (Lipinski definition) is 3. The second-order valence-corrected chi connectivity index (χ2v) is 10.9. The van der Waals surface area contributed by atoms with Crippen molar-refractivity contribution in [2.45, 2.75) is 57.8 Å². The molecule has 0 aliphatic heterocycles. The van der Waals surface area contributed by atoms with Crippen LogP contribution in [0.5, 0.6) is 0 Å². The van der Waals surface area contributed by atoms with Crippen LogP contribution in [-0.2, 0) is 4.43 Å². The minimum atomic E-state index is -1.66. The number of rotatable bonds is 3. The first kappa shape index (κ1) is 13.5. The third kappa shape index (κ3) is 2.77. The van der Waals surface area contributed by atoms with Gasteiger partial charge in [-0.2, -0.15) is 0 Å². The summed E-state index contributed by atoms with van der Waals surface area (Å²) in [6.07, 6.45) is 2.08.